The lowest BCUT2D eigenvalue weighted by Gasteiger charge is -2.31. The molecule has 0 bridgehead atoms. The molecule has 0 radical (unpaired) electrons. The normalized spacial score (nSPS) is 16.9. The van der Waals surface area contributed by atoms with Gasteiger partial charge >= 0.3 is 0 Å². The van der Waals surface area contributed by atoms with Crippen LogP contribution in [-0.2, 0) is 0 Å². The summed E-state index contributed by atoms with van der Waals surface area (Å²) in [5, 5.41) is 7.63. The van der Waals surface area contributed by atoms with E-state index in [0.29, 0.717) is 0 Å². The predicted octanol–water partition coefficient (Wildman–Crippen LogP) is 12.7. The van der Waals surface area contributed by atoms with Gasteiger partial charge in [0.2, 0.25) is 0 Å². The van der Waals surface area contributed by atoms with E-state index in [2.05, 4.69) is 187 Å². The number of nitrogens with zero attached hydrogens (tertiary/aromatic N) is 1. The molecule has 2 unspecified atom stereocenters. The van der Waals surface area contributed by atoms with E-state index in [1.54, 1.807) is 0 Å². The Labute approximate surface area is 287 Å². The third kappa shape index (κ3) is 4.94. The summed E-state index contributed by atoms with van der Waals surface area (Å²) >= 11 is 0. The molecule has 232 valence electrons. The highest BCUT2D eigenvalue weighted by Crippen LogP contribution is 2.49. The van der Waals surface area contributed by atoms with Crippen LogP contribution in [-0.4, -0.2) is 6.04 Å². The number of anilines is 1. The summed E-state index contributed by atoms with van der Waals surface area (Å²) in [5.74, 6) is 0.273. The molecule has 49 heavy (non-hydrogen) atoms. The summed E-state index contributed by atoms with van der Waals surface area (Å²) in [5.41, 5.74) is 9.85. The van der Waals surface area contributed by atoms with E-state index in [9.17, 15) is 0 Å². The SMILES string of the molecule is C=C/C=C\C=C(\c1ccc2c3ccccc3c3ccc(-c4ccccc4)cc3c2c1)N1c2cc(-c3ccccc3)ccc2C2C=CC=CC21. The van der Waals surface area contributed by atoms with Crippen molar-refractivity contribution in [1.29, 1.82) is 0 Å². The molecule has 2 atom stereocenters. The van der Waals surface area contributed by atoms with Crippen LogP contribution in [0.15, 0.2) is 195 Å². The molecule has 1 aliphatic carbocycles. The Morgan fingerprint density at radius 3 is 1.82 bits per heavy atom. The zero-order valence-corrected chi connectivity index (χ0v) is 27.2. The minimum Gasteiger partial charge on any atom is -0.333 e. The Kier molecular flexibility index (Phi) is 7.17. The van der Waals surface area contributed by atoms with Gasteiger partial charge in [-0.25, -0.2) is 0 Å². The number of fused-ring (bicyclic) bond motifs is 9. The summed E-state index contributed by atoms with van der Waals surface area (Å²) in [6.45, 7) is 3.96. The van der Waals surface area contributed by atoms with Crippen molar-refractivity contribution in [2.45, 2.75) is 12.0 Å². The second kappa shape index (κ2) is 12.1. The van der Waals surface area contributed by atoms with Gasteiger partial charge in [0.1, 0.15) is 0 Å². The van der Waals surface area contributed by atoms with Crippen LogP contribution in [0.4, 0.5) is 5.69 Å². The monoisotopic (exact) mass is 625 g/mol. The predicted molar refractivity (Wildman–Crippen MR) is 211 cm³/mol. The number of hydrogen-bond acceptors (Lipinski definition) is 1. The lowest BCUT2D eigenvalue weighted by atomic mass is 9.90. The number of allylic oxidation sites excluding steroid dienone is 6. The van der Waals surface area contributed by atoms with E-state index in [1.807, 2.05) is 12.2 Å². The molecule has 1 heterocycles. The van der Waals surface area contributed by atoms with Gasteiger partial charge in [-0.05, 0) is 90.0 Å². The smallest absolute Gasteiger partial charge is 0.0629 e. The second-order valence-corrected chi connectivity index (χ2v) is 12.9. The van der Waals surface area contributed by atoms with Crippen LogP contribution in [0.3, 0.4) is 0 Å². The molecule has 0 saturated heterocycles. The fraction of sp³-hybridized carbons (Fsp3) is 0.0417. The molecular weight excluding hydrogens is 591 g/mol. The van der Waals surface area contributed by atoms with Crippen molar-refractivity contribution in [1.82, 2.24) is 0 Å². The van der Waals surface area contributed by atoms with Gasteiger partial charge in [-0.2, -0.15) is 0 Å². The van der Waals surface area contributed by atoms with Crippen LogP contribution in [0.1, 0.15) is 17.0 Å². The minimum absolute atomic E-state index is 0.170. The third-order valence-corrected chi connectivity index (χ3v) is 10.2. The molecule has 9 rings (SSSR count). The Morgan fingerprint density at radius 1 is 0.510 bits per heavy atom. The van der Waals surface area contributed by atoms with E-state index in [-0.39, 0.29) is 12.0 Å². The molecule has 0 saturated carbocycles. The Balaban J connectivity index is 1.29. The van der Waals surface area contributed by atoms with E-state index in [0.717, 1.165) is 0 Å². The molecule has 0 aromatic heterocycles. The number of rotatable bonds is 6. The zero-order valence-electron chi connectivity index (χ0n) is 27.2. The van der Waals surface area contributed by atoms with Crippen molar-refractivity contribution in [2.24, 2.45) is 0 Å². The van der Waals surface area contributed by atoms with Crippen molar-refractivity contribution in [3.63, 3.8) is 0 Å². The first-order valence-electron chi connectivity index (χ1n) is 17.1. The maximum Gasteiger partial charge on any atom is 0.0629 e. The standard InChI is InChI=1S/C48H35N/c1-2-3-6-22-46(49-47-23-14-13-21-42(47)43-29-25-36(32-48(43)49)34-17-9-5-10-18-34)37-26-28-41-39-20-12-11-19-38(39)40-27-24-35(30-44(40)45(41)31-37)33-15-7-4-8-16-33/h2-32,42,47H,1H2/b6-3-,46-22-. The van der Waals surface area contributed by atoms with Gasteiger partial charge in [-0.15, -0.1) is 0 Å². The first-order chi connectivity index (χ1) is 24.3. The van der Waals surface area contributed by atoms with Crippen molar-refractivity contribution in [3.05, 3.63) is 206 Å². The van der Waals surface area contributed by atoms with E-state index >= 15 is 0 Å². The molecule has 0 fully saturated rings. The van der Waals surface area contributed by atoms with Crippen LogP contribution in [0.5, 0.6) is 0 Å². The van der Waals surface area contributed by atoms with Crippen molar-refractivity contribution in [2.75, 3.05) is 4.90 Å². The third-order valence-electron chi connectivity index (χ3n) is 10.2. The highest BCUT2D eigenvalue weighted by atomic mass is 15.2. The molecule has 0 spiro atoms. The Hall–Kier alpha value is -6.18. The summed E-state index contributed by atoms with van der Waals surface area (Å²) in [7, 11) is 0. The van der Waals surface area contributed by atoms with Gasteiger partial charge in [-0.3, -0.25) is 0 Å². The average Bonchev–Trinajstić information content (AvgIpc) is 3.50. The maximum atomic E-state index is 3.96. The van der Waals surface area contributed by atoms with Crippen LogP contribution >= 0.6 is 0 Å². The molecule has 7 aromatic rings. The highest BCUT2D eigenvalue weighted by molar-refractivity contribution is 6.26. The minimum atomic E-state index is 0.170. The van der Waals surface area contributed by atoms with E-state index in [4.69, 9.17) is 0 Å². The highest BCUT2D eigenvalue weighted by Gasteiger charge is 2.38. The average molecular weight is 626 g/mol. The molecule has 0 N–H and O–H groups in total. The first kappa shape index (κ1) is 29.0. The van der Waals surface area contributed by atoms with Crippen LogP contribution in [0.25, 0.3) is 60.3 Å². The van der Waals surface area contributed by atoms with E-state index < -0.39 is 0 Å². The molecule has 7 aromatic carbocycles. The molecular formula is C48H35N. The molecule has 0 amide bonds. The van der Waals surface area contributed by atoms with Gasteiger partial charge in [0.05, 0.1) is 6.04 Å². The van der Waals surface area contributed by atoms with Gasteiger partial charge < -0.3 is 4.90 Å². The molecule has 1 heteroatoms. The first-order valence-corrected chi connectivity index (χ1v) is 17.1. The maximum absolute atomic E-state index is 3.96. The summed E-state index contributed by atoms with van der Waals surface area (Å²) in [6.07, 6.45) is 17.3. The summed E-state index contributed by atoms with van der Waals surface area (Å²) in [4.78, 5) is 2.56. The number of hydrogen-bond donors (Lipinski definition) is 0. The van der Waals surface area contributed by atoms with Gasteiger partial charge in [0.25, 0.3) is 0 Å². The summed E-state index contributed by atoms with van der Waals surface area (Å²) in [6, 6.07) is 51.4. The molecule has 1 nitrogen and oxygen atoms in total. The van der Waals surface area contributed by atoms with E-state index in [1.165, 1.54) is 77.1 Å². The van der Waals surface area contributed by atoms with Crippen LogP contribution in [0.2, 0.25) is 0 Å². The fourth-order valence-electron chi connectivity index (χ4n) is 7.89. The zero-order chi connectivity index (χ0) is 32.7. The Morgan fingerprint density at radius 2 is 1.10 bits per heavy atom. The quantitative estimate of drug-likeness (QED) is 0.131. The van der Waals surface area contributed by atoms with Gasteiger partial charge in [0.15, 0.2) is 0 Å². The van der Waals surface area contributed by atoms with Crippen LogP contribution < -0.4 is 4.90 Å². The topological polar surface area (TPSA) is 3.24 Å². The lowest BCUT2D eigenvalue weighted by Crippen LogP contribution is -2.31. The largest absolute Gasteiger partial charge is 0.333 e. The van der Waals surface area contributed by atoms with Crippen LogP contribution in [0, 0.1) is 0 Å². The van der Waals surface area contributed by atoms with Gasteiger partial charge in [0, 0.05) is 17.3 Å². The fourth-order valence-corrected chi connectivity index (χ4v) is 7.89. The van der Waals surface area contributed by atoms with Crippen molar-refractivity contribution < 1.29 is 0 Å². The summed E-state index contributed by atoms with van der Waals surface area (Å²) < 4.78 is 0. The molecule has 2 aliphatic rings. The van der Waals surface area contributed by atoms with Crippen molar-refractivity contribution in [3.8, 4) is 22.3 Å². The molecule has 1 aliphatic heterocycles. The van der Waals surface area contributed by atoms with Crippen molar-refractivity contribution >= 4 is 43.7 Å². The Bertz CT molecular complexity index is 2510. The lowest BCUT2D eigenvalue weighted by molar-refractivity contribution is 0.747. The number of benzene rings is 7. The second-order valence-electron chi connectivity index (χ2n) is 12.9. The van der Waals surface area contributed by atoms with Gasteiger partial charge in [-0.1, -0.05) is 170 Å².